The first-order valence-electron chi connectivity index (χ1n) is 9.52. The molecule has 5 heteroatoms. The molecule has 0 amide bonds. The lowest BCUT2D eigenvalue weighted by molar-refractivity contribution is 0.121. The molecule has 1 saturated heterocycles. The highest BCUT2D eigenvalue weighted by Crippen LogP contribution is 2.39. The summed E-state index contributed by atoms with van der Waals surface area (Å²) in [4.78, 5) is 14.5. The third-order valence-electron chi connectivity index (χ3n) is 5.52. The Bertz CT molecular complexity index is 1230. The average molecular weight is 375 g/mol. The summed E-state index contributed by atoms with van der Waals surface area (Å²) in [5.74, 6) is 0.875. The van der Waals surface area contributed by atoms with Crippen molar-refractivity contribution in [3.8, 4) is 11.1 Å². The first kappa shape index (κ1) is 17.1. The van der Waals surface area contributed by atoms with Gasteiger partial charge in [-0.1, -0.05) is 30.3 Å². The van der Waals surface area contributed by atoms with E-state index < -0.39 is 0 Å². The highest BCUT2D eigenvalue weighted by Gasteiger charge is 2.23. The quantitative estimate of drug-likeness (QED) is 0.477. The van der Waals surface area contributed by atoms with Crippen molar-refractivity contribution in [2.45, 2.75) is 13.8 Å². The number of hydrogen-bond donors (Lipinski definition) is 0. The van der Waals surface area contributed by atoms with Crippen LogP contribution in [0.25, 0.3) is 33.1 Å². The summed E-state index contributed by atoms with van der Waals surface area (Å²) in [6.07, 6.45) is 0. The smallest absolute Gasteiger partial charge is 0.336 e. The van der Waals surface area contributed by atoms with Gasteiger partial charge in [-0.15, -0.1) is 0 Å². The van der Waals surface area contributed by atoms with E-state index in [0.29, 0.717) is 18.8 Å². The Morgan fingerprint density at radius 1 is 0.857 bits per heavy atom. The zero-order chi connectivity index (χ0) is 19.3. The van der Waals surface area contributed by atoms with Crippen molar-refractivity contribution in [1.82, 2.24) is 0 Å². The Labute approximate surface area is 162 Å². The molecule has 142 valence electrons. The number of ether oxygens (including phenoxy) is 1. The van der Waals surface area contributed by atoms with Crippen molar-refractivity contribution in [2.24, 2.45) is 0 Å². The summed E-state index contributed by atoms with van der Waals surface area (Å²) < 4.78 is 17.3. The molecule has 0 unspecified atom stereocenters. The van der Waals surface area contributed by atoms with E-state index in [-0.39, 0.29) is 5.63 Å². The SMILES string of the molecule is Cc1c(N2CCOCC2)oc2c(C)c3oc(=O)cc(-c4ccccc4)c3cc12. The molecule has 3 heterocycles. The third kappa shape index (κ3) is 2.62. The maximum absolute atomic E-state index is 12.3. The topological polar surface area (TPSA) is 55.8 Å². The van der Waals surface area contributed by atoms with E-state index in [1.807, 2.05) is 37.3 Å². The Balaban J connectivity index is 1.81. The van der Waals surface area contributed by atoms with Crippen LogP contribution >= 0.6 is 0 Å². The van der Waals surface area contributed by atoms with Gasteiger partial charge in [-0.05, 0) is 31.0 Å². The standard InChI is InChI=1S/C23H21NO4/c1-14-17-12-19-18(16-6-4-3-5-7-16)13-20(25)27-22(19)15(2)21(17)28-23(14)24-8-10-26-11-9-24/h3-7,12-13H,8-11H2,1-2H3. The molecule has 4 aromatic rings. The summed E-state index contributed by atoms with van der Waals surface area (Å²) in [5, 5.41) is 1.98. The zero-order valence-corrected chi connectivity index (χ0v) is 16.0. The van der Waals surface area contributed by atoms with E-state index in [9.17, 15) is 4.79 Å². The van der Waals surface area contributed by atoms with E-state index in [2.05, 4.69) is 17.9 Å². The van der Waals surface area contributed by atoms with Gasteiger partial charge in [0.1, 0.15) is 11.2 Å². The number of benzene rings is 2. The lowest BCUT2D eigenvalue weighted by atomic mass is 9.98. The van der Waals surface area contributed by atoms with E-state index >= 15 is 0 Å². The monoisotopic (exact) mass is 375 g/mol. The second-order valence-corrected chi connectivity index (χ2v) is 7.23. The molecule has 0 saturated carbocycles. The number of fused-ring (bicyclic) bond motifs is 2. The van der Waals surface area contributed by atoms with Gasteiger partial charge in [0.05, 0.1) is 13.2 Å². The summed E-state index contributed by atoms with van der Waals surface area (Å²) >= 11 is 0. The summed E-state index contributed by atoms with van der Waals surface area (Å²) in [6.45, 7) is 7.06. The normalized spacial score (nSPS) is 14.9. The molecule has 2 aromatic carbocycles. The Kier molecular flexibility index (Phi) is 3.98. The number of hydrogen-bond acceptors (Lipinski definition) is 5. The Morgan fingerprint density at radius 2 is 1.57 bits per heavy atom. The van der Waals surface area contributed by atoms with Crippen molar-refractivity contribution in [1.29, 1.82) is 0 Å². The van der Waals surface area contributed by atoms with Crippen LogP contribution in [0.3, 0.4) is 0 Å². The van der Waals surface area contributed by atoms with Crippen LogP contribution in [0.2, 0.25) is 0 Å². The van der Waals surface area contributed by atoms with Crippen LogP contribution in [0.1, 0.15) is 11.1 Å². The largest absolute Gasteiger partial charge is 0.440 e. The van der Waals surface area contributed by atoms with Crippen molar-refractivity contribution in [2.75, 3.05) is 31.2 Å². The molecule has 0 spiro atoms. The van der Waals surface area contributed by atoms with Gasteiger partial charge in [0.2, 0.25) is 0 Å². The molecule has 0 N–H and O–H groups in total. The minimum atomic E-state index is -0.356. The van der Waals surface area contributed by atoms with Gasteiger partial charge < -0.3 is 18.5 Å². The van der Waals surface area contributed by atoms with E-state index in [0.717, 1.165) is 57.6 Å². The molecule has 1 aliphatic heterocycles. The van der Waals surface area contributed by atoms with Crippen LogP contribution in [0.5, 0.6) is 0 Å². The molecule has 1 aliphatic rings. The van der Waals surface area contributed by atoms with E-state index in [1.165, 1.54) is 0 Å². The van der Waals surface area contributed by atoms with Crippen LogP contribution in [0, 0.1) is 13.8 Å². The van der Waals surface area contributed by atoms with Crippen LogP contribution in [-0.2, 0) is 4.74 Å². The molecule has 0 radical (unpaired) electrons. The first-order valence-corrected chi connectivity index (χ1v) is 9.52. The second kappa shape index (κ2) is 6.53. The average Bonchev–Trinajstić information content (AvgIpc) is 3.06. The van der Waals surface area contributed by atoms with Crippen LogP contribution in [0.15, 0.2) is 56.1 Å². The maximum Gasteiger partial charge on any atom is 0.336 e. The molecule has 5 nitrogen and oxygen atoms in total. The van der Waals surface area contributed by atoms with Crippen LogP contribution in [0.4, 0.5) is 5.88 Å². The van der Waals surface area contributed by atoms with Crippen molar-refractivity contribution < 1.29 is 13.6 Å². The van der Waals surface area contributed by atoms with Gasteiger partial charge in [-0.25, -0.2) is 4.79 Å². The molecule has 2 aromatic heterocycles. The number of anilines is 1. The summed E-state index contributed by atoms with van der Waals surface area (Å²) in [7, 11) is 0. The second-order valence-electron chi connectivity index (χ2n) is 7.23. The fraction of sp³-hybridized carbons (Fsp3) is 0.261. The highest BCUT2D eigenvalue weighted by molar-refractivity contribution is 6.05. The number of rotatable bonds is 2. The maximum atomic E-state index is 12.3. The molecular weight excluding hydrogens is 354 g/mol. The van der Waals surface area contributed by atoms with E-state index in [4.69, 9.17) is 13.6 Å². The van der Waals surface area contributed by atoms with E-state index in [1.54, 1.807) is 6.07 Å². The predicted molar refractivity (Wildman–Crippen MR) is 110 cm³/mol. The van der Waals surface area contributed by atoms with Gasteiger partial charge in [0.25, 0.3) is 0 Å². The zero-order valence-electron chi connectivity index (χ0n) is 16.0. The summed E-state index contributed by atoms with van der Waals surface area (Å²) in [5.41, 5.74) is 4.84. The Morgan fingerprint density at radius 3 is 2.32 bits per heavy atom. The van der Waals surface area contributed by atoms with Gasteiger partial charge >= 0.3 is 5.63 Å². The van der Waals surface area contributed by atoms with Crippen molar-refractivity contribution in [3.05, 3.63) is 64.0 Å². The lowest BCUT2D eigenvalue weighted by Gasteiger charge is -2.26. The van der Waals surface area contributed by atoms with Gasteiger partial charge in [0, 0.05) is 41.1 Å². The minimum absolute atomic E-state index is 0.356. The van der Waals surface area contributed by atoms with Crippen molar-refractivity contribution in [3.63, 3.8) is 0 Å². The van der Waals surface area contributed by atoms with Crippen LogP contribution in [-0.4, -0.2) is 26.3 Å². The predicted octanol–water partition coefficient (Wildman–Crippen LogP) is 4.66. The number of furan rings is 1. The fourth-order valence-electron chi connectivity index (χ4n) is 4.06. The molecule has 1 fully saturated rings. The molecule has 5 rings (SSSR count). The molecule has 0 aliphatic carbocycles. The first-order chi connectivity index (χ1) is 13.6. The fourth-order valence-corrected chi connectivity index (χ4v) is 4.06. The Hall–Kier alpha value is -3.05. The number of morpholine rings is 1. The third-order valence-corrected chi connectivity index (χ3v) is 5.52. The number of aryl methyl sites for hydroxylation is 2. The summed E-state index contributed by atoms with van der Waals surface area (Å²) in [6, 6.07) is 13.6. The number of nitrogens with zero attached hydrogens (tertiary/aromatic N) is 1. The van der Waals surface area contributed by atoms with Gasteiger partial charge in [-0.3, -0.25) is 0 Å². The molecule has 0 atom stereocenters. The molecule has 28 heavy (non-hydrogen) atoms. The van der Waals surface area contributed by atoms with Gasteiger partial charge in [-0.2, -0.15) is 0 Å². The minimum Gasteiger partial charge on any atom is -0.440 e. The van der Waals surface area contributed by atoms with Gasteiger partial charge in [0.15, 0.2) is 5.88 Å². The highest BCUT2D eigenvalue weighted by atomic mass is 16.5. The lowest BCUT2D eigenvalue weighted by Crippen LogP contribution is -2.36. The molecular formula is C23H21NO4. The molecule has 0 bridgehead atoms. The van der Waals surface area contributed by atoms with Crippen molar-refractivity contribution >= 4 is 27.8 Å². The van der Waals surface area contributed by atoms with Crippen LogP contribution < -0.4 is 10.5 Å².